The molecule has 0 N–H and O–H groups in total. The number of carbonyl (C=O) groups excluding carboxylic acids is 1. The number of imidazole rings is 1. The molecule has 5 heteroatoms. The Balaban J connectivity index is 1.61. The van der Waals surface area contributed by atoms with Crippen molar-refractivity contribution in [2.24, 2.45) is 0 Å². The normalized spacial score (nSPS) is 18.0. The average molecular weight is 320 g/mol. The Hall–Kier alpha value is -2.69. The Bertz CT molecular complexity index is 871. The van der Waals surface area contributed by atoms with Crippen LogP contribution in [0.5, 0.6) is 0 Å². The maximum atomic E-state index is 12.7. The summed E-state index contributed by atoms with van der Waals surface area (Å²) in [6.07, 6.45) is 7.53. The Labute approximate surface area is 141 Å². The largest absolute Gasteiger partial charge is 0.338 e. The van der Waals surface area contributed by atoms with Gasteiger partial charge in [0.1, 0.15) is 5.65 Å². The molecule has 0 radical (unpaired) electrons. The Kier molecular flexibility index (Phi) is 3.76. The van der Waals surface area contributed by atoms with Gasteiger partial charge in [0, 0.05) is 48.9 Å². The van der Waals surface area contributed by atoms with Gasteiger partial charge in [0.25, 0.3) is 5.91 Å². The van der Waals surface area contributed by atoms with Gasteiger partial charge in [-0.3, -0.25) is 9.78 Å². The molecule has 4 heterocycles. The van der Waals surface area contributed by atoms with Gasteiger partial charge in [-0.25, -0.2) is 4.98 Å². The Morgan fingerprint density at radius 1 is 1.21 bits per heavy atom. The summed E-state index contributed by atoms with van der Waals surface area (Å²) in [6, 6.07) is 9.80. The van der Waals surface area contributed by atoms with Crippen molar-refractivity contribution >= 4 is 11.6 Å². The fourth-order valence-corrected chi connectivity index (χ4v) is 3.57. The molecule has 1 atom stereocenters. The van der Waals surface area contributed by atoms with E-state index in [1.54, 1.807) is 24.5 Å². The molecule has 3 aromatic heterocycles. The van der Waals surface area contributed by atoms with Gasteiger partial charge in [-0.1, -0.05) is 6.07 Å². The zero-order valence-electron chi connectivity index (χ0n) is 13.7. The molecule has 0 saturated carbocycles. The lowest BCUT2D eigenvalue weighted by Gasteiger charge is -2.33. The van der Waals surface area contributed by atoms with Crippen LogP contribution in [0.3, 0.4) is 0 Å². The maximum Gasteiger partial charge on any atom is 0.253 e. The summed E-state index contributed by atoms with van der Waals surface area (Å²) in [4.78, 5) is 23.2. The van der Waals surface area contributed by atoms with Crippen LogP contribution in [0.2, 0.25) is 0 Å². The number of likely N-dealkylation sites (tertiary alicyclic amines) is 1. The highest BCUT2D eigenvalue weighted by molar-refractivity contribution is 5.94. The molecule has 4 rings (SSSR count). The fraction of sp³-hybridized carbons (Fsp3) is 0.316. The quantitative estimate of drug-likeness (QED) is 0.729. The van der Waals surface area contributed by atoms with Crippen molar-refractivity contribution in [1.29, 1.82) is 0 Å². The summed E-state index contributed by atoms with van der Waals surface area (Å²) >= 11 is 0. The second-order valence-corrected chi connectivity index (χ2v) is 6.39. The second-order valence-electron chi connectivity index (χ2n) is 6.39. The van der Waals surface area contributed by atoms with Crippen LogP contribution in [0, 0.1) is 6.92 Å². The number of aromatic nitrogens is 3. The predicted molar refractivity (Wildman–Crippen MR) is 92.0 cm³/mol. The molecule has 1 amide bonds. The summed E-state index contributed by atoms with van der Waals surface area (Å²) in [5.74, 6) is 0.429. The SMILES string of the molecule is Cc1cn2c(C3CCCN(C(=O)c4ccncc4)C3)cccc2n1. The number of amides is 1. The molecule has 0 aromatic carbocycles. The summed E-state index contributed by atoms with van der Waals surface area (Å²) in [5.41, 5.74) is 3.94. The van der Waals surface area contributed by atoms with E-state index in [-0.39, 0.29) is 5.91 Å². The molecule has 24 heavy (non-hydrogen) atoms. The number of carbonyl (C=O) groups is 1. The number of pyridine rings is 2. The van der Waals surface area contributed by atoms with Gasteiger partial charge < -0.3 is 9.30 Å². The monoisotopic (exact) mass is 320 g/mol. The second kappa shape index (κ2) is 6.07. The van der Waals surface area contributed by atoms with Crippen LogP contribution in [0.4, 0.5) is 0 Å². The minimum Gasteiger partial charge on any atom is -0.338 e. The first-order valence-corrected chi connectivity index (χ1v) is 8.36. The summed E-state index contributed by atoms with van der Waals surface area (Å²) in [6.45, 7) is 3.57. The lowest BCUT2D eigenvalue weighted by molar-refractivity contribution is 0.0705. The van der Waals surface area contributed by atoms with E-state index in [0.29, 0.717) is 11.5 Å². The highest BCUT2D eigenvalue weighted by Gasteiger charge is 2.26. The van der Waals surface area contributed by atoms with Crippen LogP contribution in [0.25, 0.3) is 5.65 Å². The number of piperidine rings is 1. The lowest BCUT2D eigenvalue weighted by Crippen LogP contribution is -2.39. The van der Waals surface area contributed by atoms with Crippen molar-refractivity contribution < 1.29 is 4.79 Å². The lowest BCUT2D eigenvalue weighted by atomic mass is 9.93. The van der Waals surface area contributed by atoms with Gasteiger partial charge in [-0.05, 0) is 44.0 Å². The number of hydrogen-bond acceptors (Lipinski definition) is 3. The number of hydrogen-bond donors (Lipinski definition) is 0. The van der Waals surface area contributed by atoms with Gasteiger partial charge >= 0.3 is 0 Å². The van der Waals surface area contributed by atoms with Crippen LogP contribution in [-0.4, -0.2) is 38.3 Å². The Morgan fingerprint density at radius 3 is 2.88 bits per heavy atom. The highest BCUT2D eigenvalue weighted by atomic mass is 16.2. The first kappa shape index (κ1) is 14.9. The maximum absolute atomic E-state index is 12.7. The molecular formula is C19H20N4O. The van der Waals surface area contributed by atoms with Crippen molar-refractivity contribution in [2.45, 2.75) is 25.7 Å². The van der Waals surface area contributed by atoms with Crippen LogP contribution in [-0.2, 0) is 0 Å². The summed E-state index contributed by atoms with van der Waals surface area (Å²) in [5, 5.41) is 0. The molecule has 122 valence electrons. The minimum absolute atomic E-state index is 0.0936. The van der Waals surface area contributed by atoms with Crippen LogP contribution in [0.15, 0.2) is 48.9 Å². The van der Waals surface area contributed by atoms with Gasteiger partial charge in [-0.15, -0.1) is 0 Å². The number of aryl methyl sites for hydroxylation is 1. The molecule has 5 nitrogen and oxygen atoms in total. The minimum atomic E-state index is 0.0936. The molecule has 1 fully saturated rings. The van der Waals surface area contributed by atoms with E-state index in [0.717, 1.165) is 37.3 Å². The van der Waals surface area contributed by atoms with E-state index in [4.69, 9.17) is 0 Å². The van der Waals surface area contributed by atoms with E-state index in [9.17, 15) is 4.79 Å². The molecule has 1 unspecified atom stereocenters. The standard InChI is InChI=1S/C19H20N4O/c1-14-12-23-17(5-2-6-18(23)21-14)16-4-3-11-22(13-16)19(24)15-7-9-20-10-8-15/h2,5-10,12,16H,3-4,11,13H2,1H3. The topological polar surface area (TPSA) is 50.5 Å². The fourth-order valence-electron chi connectivity index (χ4n) is 3.57. The molecule has 1 aliphatic heterocycles. The van der Waals surface area contributed by atoms with E-state index >= 15 is 0 Å². The van der Waals surface area contributed by atoms with E-state index < -0.39 is 0 Å². The third kappa shape index (κ3) is 2.66. The van der Waals surface area contributed by atoms with Gasteiger partial charge in [0.2, 0.25) is 0 Å². The predicted octanol–water partition coefficient (Wildman–Crippen LogP) is 3.06. The van der Waals surface area contributed by atoms with Crippen molar-refractivity contribution in [3.05, 3.63) is 65.9 Å². The van der Waals surface area contributed by atoms with Crippen LogP contribution in [0.1, 0.15) is 40.5 Å². The highest BCUT2D eigenvalue weighted by Crippen LogP contribution is 2.28. The van der Waals surface area contributed by atoms with Crippen LogP contribution >= 0.6 is 0 Å². The van der Waals surface area contributed by atoms with E-state index in [1.807, 2.05) is 17.9 Å². The molecular weight excluding hydrogens is 300 g/mol. The molecule has 0 aliphatic carbocycles. The van der Waals surface area contributed by atoms with Crippen LogP contribution < -0.4 is 0 Å². The van der Waals surface area contributed by atoms with Crippen molar-refractivity contribution in [3.63, 3.8) is 0 Å². The molecule has 1 aliphatic rings. The molecule has 0 spiro atoms. The van der Waals surface area contributed by atoms with E-state index in [2.05, 4.69) is 32.7 Å². The summed E-state index contributed by atoms with van der Waals surface area (Å²) in [7, 11) is 0. The zero-order chi connectivity index (χ0) is 16.5. The average Bonchev–Trinajstić information content (AvgIpc) is 3.02. The smallest absolute Gasteiger partial charge is 0.253 e. The molecule has 3 aromatic rings. The van der Waals surface area contributed by atoms with Gasteiger partial charge in [0.05, 0.1) is 5.69 Å². The Morgan fingerprint density at radius 2 is 2.04 bits per heavy atom. The zero-order valence-corrected chi connectivity index (χ0v) is 13.7. The first-order valence-electron chi connectivity index (χ1n) is 8.36. The van der Waals surface area contributed by atoms with E-state index in [1.165, 1.54) is 5.69 Å². The number of rotatable bonds is 2. The van der Waals surface area contributed by atoms with Gasteiger partial charge in [-0.2, -0.15) is 0 Å². The first-order chi connectivity index (χ1) is 11.7. The molecule has 1 saturated heterocycles. The van der Waals surface area contributed by atoms with Crippen molar-refractivity contribution in [3.8, 4) is 0 Å². The van der Waals surface area contributed by atoms with Crippen molar-refractivity contribution in [1.82, 2.24) is 19.3 Å². The molecule has 0 bridgehead atoms. The van der Waals surface area contributed by atoms with Crippen molar-refractivity contribution in [2.75, 3.05) is 13.1 Å². The summed E-state index contributed by atoms with van der Waals surface area (Å²) < 4.78 is 2.17. The third-order valence-electron chi connectivity index (χ3n) is 4.70. The van der Waals surface area contributed by atoms with Gasteiger partial charge in [0.15, 0.2) is 0 Å². The number of fused-ring (bicyclic) bond motifs is 1. The number of nitrogens with zero attached hydrogens (tertiary/aromatic N) is 4. The third-order valence-corrected chi connectivity index (χ3v) is 4.70.